The molecule has 4 fully saturated rings. The number of nitrogens with one attached hydrogen (secondary N) is 2. The van der Waals surface area contributed by atoms with Crippen molar-refractivity contribution in [2.24, 2.45) is 17.8 Å². The van der Waals surface area contributed by atoms with Crippen LogP contribution in [0.4, 0.5) is 11.6 Å². The topological polar surface area (TPSA) is 162 Å². The second kappa shape index (κ2) is 21.8. The van der Waals surface area contributed by atoms with Crippen LogP contribution in [0.3, 0.4) is 0 Å². The number of para-hydroxylation sites is 2. The standard InChI is InChI=1S/C54H73N15O2/c1-6-63-31-33-64(34-32-63)29-23-55-53(70)42-21-27-66(28-22-42)52-50-48(40(5)69(62-50)45-15-11-8-12-16-45)46(58-60-52)35-41-18-17-37(2)67(36-41)30-24-56-54(71)43-19-25-65(26-20-43)51-49-47(38(3)57-59-51)39(4)68(61-49)44-13-9-7-10-14-44/h7-16,37,41-43H,6,17-36H2,1-5H3,(H,55,70)(H,56,71). The number of nitrogens with zero attached hydrogens (tertiary/aromatic N) is 13. The highest BCUT2D eigenvalue weighted by molar-refractivity contribution is 5.93. The van der Waals surface area contributed by atoms with Crippen molar-refractivity contribution < 1.29 is 9.59 Å². The summed E-state index contributed by atoms with van der Waals surface area (Å²) < 4.78 is 4.03. The van der Waals surface area contributed by atoms with Gasteiger partial charge in [0.1, 0.15) is 11.0 Å². The van der Waals surface area contributed by atoms with Gasteiger partial charge in [0.2, 0.25) is 11.8 Å². The Hall–Kier alpha value is -6.04. The number of amides is 2. The van der Waals surface area contributed by atoms with Gasteiger partial charge in [-0.2, -0.15) is 20.4 Å². The molecule has 2 unspecified atom stereocenters. The maximum Gasteiger partial charge on any atom is 0.223 e. The van der Waals surface area contributed by atoms with Crippen molar-refractivity contribution in [1.29, 1.82) is 0 Å². The normalized spacial score (nSPS) is 20.3. The number of piperidine rings is 3. The third-order valence-electron chi connectivity index (χ3n) is 16.1. The van der Waals surface area contributed by atoms with Crippen LogP contribution in [0.2, 0.25) is 0 Å². The van der Waals surface area contributed by atoms with Crippen LogP contribution in [0.5, 0.6) is 0 Å². The molecular formula is C54H73N15O2. The van der Waals surface area contributed by atoms with Gasteiger partial charge in [0.25, 0.3) is 0 Å². The van der Waals surface area contributed by atoms with Crippen molar-refractivity contribution in [3.8, 4) is 11.4 Å². The van der Waals surface area contributed by atoms with Gasteiger partial charge in [0.05, 0.1) is 44.9 Å². The van der Waals surface area contributed by atoms with Crippen molar-refractivity contribution in [2.45, 2.75) is 85.6 Å². The fraction of sp³-hybridized carbons (Fsp3) is 0.556. The molecule has 2 amide bonds. The Morgan fingerprint density at radius 2 is 1.10 bits per heavy atom. The molecule has 0 radical (unpaired) electrons. The summed E-state index contributed by atoms with van der Waals surface area (Å²) in [6.45, 7) is 23.1. The Balaban J connectivity index is 0.743. The average Bonchev–Trinajstić information content (AvgIpc) is 3.95. The first kappa shape index (κ1) is 48.6. The van der Waals surface area contributed by atoms with Gasteiger partial charge in [0, 0.05) is 103 Å². The first-order valence-corrected chi connectivity index (χ1v) is 26.5. The number of rotatable bonds is 15. The van der Waals surface area contributed by atoms with Crippen LogP contribution < -0.4 is 20.4 Å². The van der Waals surface area contributed by atoms with Crippen LogP contribution in [0.15, 0.2) is 60.7 Å². The van der Waals surface area contributed by atoms with Crippen molar-refractivity contribution >= 4 is 45.3 Å². The van der Waals surface area contributed by atoms with E-state index in [4.69, 9.17) is 20.4 Å². The van der Waals surface area contributed by atoms with Crippen molar-refractivity contribution in [3.63, 3.8) is 0 Å². The summed E-state index contributed by atoms with van der Waals surface area (Å²) in [7, 11) is 0. The number of aromatic nitrogens is 8. The SMILES string of the molecule is CCN1CCN(CCNC(=O)C2CCN(c3nnc(CC4CCC(C)N(CCNC(=O)C5CCN(c6nnc(C)c7c(C)n(-c8ccccc8)nc67)CC5)C4)c4c(C)n(-c5ccccc5)nc34)CC2)CC1. The van der Waals surface area contributed by atoms with E-state index in [0.29, 0.717) is 25.0 Å². The molecule has 10 rings (SSSR count). The number of likely N-dealkylation sites (tertiary alicyclic amines) is 1. The fourth-order valence-electron chi connectivity index (χ4n) is 11.7. The van der Waals surface area contributed by atoms with Gasteiger partial charge in [0.15, 0.2) is 11.6 Å². The van der Waals surface area contributed by atoms with Crippen molar-refractivity contribution in [3.05, 3.63) is 83.4 Å². The van der Waals surface area contributed by atoms with E-state index < -0.39 is 0 Å². The zero-order chi connectivity index (χ0) is 49.0. The first-order valence-electron chi connectivity index (χ1n) is 26.5. The third kappa shape index (κ3) is 10.5. The molecule has 6 aromatic rings. The summed E-state index contributed by atoms with van der Waals surface area (Å²) >= 11 is 0. The molecular weight excluding hydrogens is 891 g/mol. The van der Waals surface area contributed by atoms with E-state index in [-0.39, 0.29) is 23.7 Å². The molecule has 17 heteroatoms. The van der Waals surface area contributed by atoms with E-state index >= 15 is 0 Å². The molecule has 0 aliphatic carbocycles. The molecule has 0 bridgehead atoms. The van der Waals surface area contributed by atoms with Crippen LogP contribution in [-0.4, -0.2) is 164 Å². The van der Waals surface area contributed by atoms with Gasteiger partial charge >= 0.3 is 0 Å². The number of carbonyl (C=O) groups excluding carboxylic acids is 2. The fourth-order valence-corrected chi connectivity index (χ4v) is 11.7. The molecule has 4 saturated heterocycles. The van der Waals surface area contributed by atoms with Gasteiger partial charge < -0.3 is 25.3 Å². The molecule has 2 atom stereocenters. The maximum absolute atomic E-state index is 13.6. The van der Waals surface area contributed by atoms with Crippen LogP contribution in [-0.2, 0) is 16.0 Å². The summed E-state index contributed by atoms with van der Waals surface area (Å²) in [6.07, 6.45) is 6.06. The monoisotopic (exact) mass is 964 g/mol. The predicted molar refractivity (Wildman–Crippen MR) is 279 cm³/mol. The highest BCUT2D eigenvalue weighted by atomic mass is 16.2. The van der Waals surface area contributed by atoms with Crippen LogP contribution >= 0.6 is 0 Å². The number of likely N-dealkylation sites (N-methyl/N-ethyl adjacent to an activating group) is 1. The minimum atomic E-state index is -0.0442. The molecule has 0 spiro atoms. The lowest BCUT2D eigenvalue weighted by molar-refractivity contribution is -0.126. The number of hydrogen-bond donors (Lipinski definition) is 2. The maximum atomic E-state index is 13.6. The van der Waals surface area contributed by atoms with E-state index in [1.807, 2.05) is 52.7 Å². The van der Waals surface area contributed by atoms with Crippen molar-refractivity contribution in [1.82, 2.24) is 65.3 Å². The zero-order valence-corrected chi connectivity index (χ0v) is 42.6. The van der Waals surface area contributed by atoms with Gasteiger partial charge in [-0.15, -0.1) is 10.2 Å². The lowest BCUT2D eigenvalue weighted by Gasteiger charge is -2.38. The number of benzene rings is 2. The molecule has 2 aromatic carbocycles. The molecule has 376 valence electrons. The second-order valence-corrected chi connectivity index (χ2v) is 20.6. The summed E-state index contributed by atoms with van der Waals surface area (Å²) in [5, 5.41) is 38.1. The first-order chi connectivity index (χ1) is 34.6. The third-order valence-corrected chi connectivity index (χ3v) is 16.1. The largest absolute Gasteiger partial charge is 0.355 e. The summed E-state index contributed by atoms with van der Waals surface area (Å²) in [4.78, 5) is 39.0. The second-order valence-electron chi connectivity index (χ2n) is 20.6. The summed E-state index contributed by atoms with van der Waals surface area (Å²) in [5.41, 5.74) is 7.72. The average molecular weight is 964 g/mol. The Morgan fingerprint density at radius 1 is 0.592 bits per heavy atom. The molecule has 4 aliphatic heterocycles. The lowest BCUT2D eigenvalue weighted by Crippen LogP contribution is -2.49. The van der Waals surface area contributed by atoms with E-state index in [2.05, 4.69) is 97.3 Å². The quantitative estimate of drug-likeness (QED) is 0.133. The van der Waals surface area contributed by atoms with E-state index in [1.165, 1.54) is 0 Å². The number of carbonyl (C=O) groups is 2. The Labute approximate surface area is 418 Å². The van der Waals surface area contributed by atoms with E-state index in [1.54, 1.807) is 0 Å². The Bertz CT molecular complexity index is 2770. The Morgan fingerprint density at radius 3 is 1.66 bits per heavy atom. The number of fused-ring (bicyclic) bond motifs is 2. The minimum Gasteiger partial charge on any atom is -0.355 e. The Kier molecular flexibility index (Phi) is 14.9. The summed E-state index contributed by atoms with van der Waals surface area (Å²) in [6, 6.07) is 20.9. The molecule has 4 aromatic heterocycles. The number of anilines is 2. The highest BCUT2D eigenvalue weighted by Crippen LogP contribution is 2.35. The predicted octanol–water partition coefficient (Wildman–Crippen LogP) is 5.52. The zero-order valence-electron chi connectivity index (χ0n) is 42.6. The molecule has 2 N–H and O–H groups in total. The van der Waals surface area contributed by atoms with Gasteiger partial charge in [-0.3, -0.25) is 19.4 Å². The minimum absolute atomic E-state index is 0.00720. The molecule has 17 nitrogen and oxygen atoms in total. The molecule has 4 aliphatic rings. The molecule has 71 heavy (non-hydrogen) atoms. The van der Waals surface area contributed by atoms with E-state index in [0.717, 1.165) is 191 Å². The van der Waals surface area contributed by atoms with Gasteiger partial charge in [-0.25, -0.2) is 9.36 Å². The van der Waals surface area contributed by atoms with Gasteiger partial charge in [-0.05, 0) is 109 Å². The van der Waals surface area contributed by atoms with Crippen LogP contribution in [0.25, 0.3) is 33.2 Å². The smallest absolute Gasteiger partial charge is 0.223 e. The molecule has 0 saturated carbocycles. The number of aryl methyl sites for hydroxylation is 3. The number of piperazine rings is 1. The van der Waals surface area contributed by atoms with E-state index in [9.17, 15) is 9.59 Å². The van der Waals surface area contributed by atoms with Crippen molar-refractivity contribution in [2.75, 3.05) is 101 Å². The number of hydrogen-bond acceptors (Lipinski definition) is 13. The highest BCUT2D eigenvalue weighted by Gasteiger charge is 2.33. The van der Waals surface area contributed by atoms with Crippen LogP contribution in [0.1, 0.15) is 75.1 Å². The molecule has 8 heterocycles. The van der Waals surface area contributed by atoms with Gasteiger partial charge in [-0.1, -0.05) is 43.3 Å². The van der Waals surface area contributed by atoms with Crippen LogP contribution in [0, 0.1) is 38.5 Å². The summed E-state index contributed by atoms with van der Waals surface area (Å²) in [5.74, 6) is 2.24. The lowest BCUT2D eigenvalue weighted by atomic mass is 9.89.